The maximum atomic E-state index is 13.2. The third-order valence-electron chi connectivity index (χ3n) is 11.7. The van der Waals surface area contributed by atoms with Crippen LogP contribution < -0.4 is 25.8 Å². The monoisotopic (exact) mass is 770 g/mol. The van der Waals surface area contributed by atoms with Crippen molar-refractivity contribution in [3.05, 3.63) is 95.8 Å². The lowest BCUT2D eigenvalue weighted by Crippen LogP contribution is -2.53. The van der Waals surface area contributed by atoms with Gasteiger partial charge in [0.2, 0.25) is 5.91 Å². The zero-order valence-electron chi connectivity index (χ0n) is 31.9. The van der Waals surface area contributed by atoms with Gasteiger partial charge in [0.05, 0.1) is 36.4 Å². The van der Waals surface area contributed by atoms with E-state index in [4.69, 9.17) is 0 Å². The minimum atomic E-state index is -0.380. The highest BCUT2D eigenvalue weighted by Crippen LogP contribution is 2.28. The van der Waals surface area contributed by atoms with Gasteiger partial charge in [0.25, 0.3) is 11.8 Å². The van der Waals surface area contributed by atoms with Crippen molar-refractivity contribution in [1.29, 1.82) is 0 Å². The minimum absolute atomic E-state index is 0.0368. The second-order valence-electron chi connectivity index (χ2n) is 15.4. The van der Waals surface area contributed by atoms with E-state index in [0.717, 1.165) is 80.9 Å². The standard InChI is InChI=1S/C41H46N12O4/c1-27-21-43-40(56)35-20-29-4-7-34(46-38(29)53(27)35)39(55)45-31-22-44-51(26-31)24-28-2-5-32(6-3-28)49-13-9-33(10-14-49)50-18-16-48(17-19-50)25-30-8-12-42-23-36(30)52-15-11-37(54)47-41(52)57/h2-8,12,20,22-23,26-27,33H,9-11,13-19,21,24-25H2,1H3,(H,43,56)(H,45,55)(H,47,54,57)/t27-/m1/s1. The molecule has 3 saturated heterocycles. The Kier molecular flexibility index (Phi) is 9.88. The number of nitrogens with one attached hydrogen (secondary N) is 3. The fourth-order valence-electron chi connectivity index (χ4n) is 8.58. The Morgan fingerprint density at radius 3 is 2.51 bits per heavy atom. The van der Waals surface area contributed by atoms with Crippen molar-refractivity contribution in [2.75, 3.05) is 67.5 Å². The lowest BCUT2D eigenvalue weighted by atomic mass is 10.0. The summed E-state index contributed by atoms with van der Waals surface area (Å²) < 4.78 is 3.71. The molecule has 57 heavy (non-hydrogen) atoms. The number of benzene rings is 1. The van der Waals surface area contributed by atoms with Gasteiger partial charge in [-0.1, -0.05) is 12.1 Å². The largest absolute Gasteiger partial charge is 0.371 e. The topological polar surface area (TPSA) is 166 Å². The number of piperidine rings is 1. The van der Waals surface area contributed by atoms with Crippen LogP contribution in [-0.2, 0) is 17.9 Å². The van der Waals surface area contributed by atoms with Crippen LogP contribution in [0, 0.1) is 0 Å². The SMILES string of the molecule is C[C@@H]1CNC(=O)c2cc3ccc(C(=O)Nc4cnn(Cc5ccc(N6CCC(N7CCN(Cc8ccncc8N8CCC(=O)NC8=O)CC7)CC6)cc5)c4)nc3n21. The summed E-state index contributed by atoms with van der Waals surface area (Å²) in [5.41, 5.74) is 6.19. The van der Waals surface area contributed by atoms with Crippen molar-refractivity contribution in [2.45, 2.75) is 51.4 Å². The molecule has 0 saturated carbocycles. The highest BCUT2D eigenvalue weighted by molar-refractivity contribution is 6.06. The van der Waals surface area contributed by atoms with Crippen LogP contribution in [0.1, 0.15) is 64.3 Å². The summed E-state index contributed by atoms with van der Waals surface area (Å²) in [4.78, 5) is 67.8. The summed E-state index contributed by atoms with van der Waals surface area (Å²) in [6.45, 7) is 10.2. The van der Waals surface area contributed by atoms with Crippen LogP contribution in [0.4, 0.5) is 21.9 Å². The Labute approximate surface area is 329 Å². The van der Waals surface area contributed by atoms with E-state index in [0.29, 0.717) is 49.1 Å². The van der Waals surface area contributed by atoms with Crippen molar-refractivity contribution in [3.8, 4) is 0 Å². The molecule has 4 aliphatic heterocycles. The number of pyridine rings is 2. The lowest BCUT2D eigenvalue weighted by molar-refractivity contribution is -0.120. The molecule has 5 amide bonds. The van der Waals surface area contributed by atoms with E-state index in [1.54, 1.807) is 29.6 Å². The first kappa shape index (κ1) is 36.5. The number of hydrogen-bond donors (Lipinski definition) is 3. The Morgan fingerprint density at radius 2 is 1.72 bits per heavy atom. The molecule has 294 valence electrons. The summed E-state index contributed by atoms with van der Waals surface area (Å²) >= 11 is 0. The highest BCUT2D eigenvalue weighted by atomic mass is 16.2. The van der Waals surface area contributed by atoms with Crippen LogP contribution in [0.5, 0.6) is 0 Å². The average molecular weight is 771 g/mol. The first-order valence-electron chi connectivity index (χ1n) is 19.7. The fourth-order valence-corrected chi connectivity index (χ4v) is 8.58. The molecule has 3 fully saturated rings. The van der Waals surface area contributed by atoms with Gasteiger partial charge in [-0.05, 0) is 67.3 Å². The molecule has 9 rings (SSSR count). The molecule has 8 heterocycles. The van der Waals surface area contributed by atoms with E-state index in [1.807, 2.05) is 40.6 Å². The molecule has 5 aromatic rings. The number of fused-ring (bicyclic) bond motifs is 3. The number of amides is 5. The average Bonchev–Trinajstić information content (AvgIpc) is 3.85. The molecule has 0 radical (unpaired) electrons. The van der Waals surface area contributed by atoms with Crippen molar-refractivity contribution >= 4 is 51.8 Å². The van der Waals surface area contributed by atoms with Crippen molar-refractivity contribution < 1.29 is 19.2 Å². The van der Waals surface area contributed by atoms with Crippen LogP contribution in [0.2, 0.25) is 0 Å². The number of piperazine rings is 1. The smallest absolute Gasteiger partial charge is 0.328 e. The Morgan fingerprint density at radius 1 is 0.912 bits per heavy atom. The van der Waals surface area contributed by atoms with Crippen LogP contribution in [0.3, 0.4) is 0 Å². The first-order valence-corrected chi connectivity index (χ1v) is 19.7. The normalized spacial score (nSPS) is 19.7. The van der Waals surface area contributed by atoms with Gasteiger partial charge in [0, 0.05) is 94.8 Å². The molecule has 0 aliphatic carbocycles. The number of rotatable bonds is 9. The second-order valence-corrected chi connectivity index (χ2v) is 15.4. The van der Waals surface area contributed by atoms with Crippen molar-refractivity contribution in [1.82, 2.24) is 44.7 Å². The van der Waals surface area contributed by atoms with E-state index in [9.17, 15) is 19.2 Å². The molecule has 0 spiro atoms. The molecule has 0 unspecified atom stereocenters. The van der Waals surface area contributed by atoms with E-state index in [1.165, 1.54) is 5.69 Å². The molecule has 4 aromatic heterocycles. The maximum Gasteiger partial charge on any atom is 0.328 e. The third kappa shape index (κ3) is 7.57. The number of anilines is 3. The van der Waals surface area contributed by atoms with E-state index in [-0.39, 0.29) is 35.5 Å². The van der Waals surface area contributed by atoms with Gasteiger partial charge < -0.3 is 20.1 Å². The maximum absolute atomic E-state index is 13.2. The van der Waals surface area contributed by atoms with Crippen molar-refractivity contribution in [2.24, 2.45) is 0 Å². The molecule has 3 N–H and O–H groups in total. The number of hydrogen-bond acceptors (Lipinski definition) is 10. The number of aromatic nitrogens is 5. The number of carbonyl (C=O) groups is 4. The number of nitrogens with zero attached hydrogens (tertiary/aromatic N) is 9. The van der Waals surface area contributed by atoms with Gasteiger partial charge in [-0.15, -0.1) is 0 Å². The predicted molar refractivity (Wildman–Crippen MR) is 214 cm³/mol. The fraction of sp³-hybridized carbons (Fsp3) is 0.390. The molecular formula is C41H46N12O4. The summed E-state index contributed by atoms with van der Waals surface area (Å²) in [5, 5.41) is 13.5. The highest BCUT2D eigenvalue weighted by Gasteiger charge is 2.30. The van der Waals surface area contributed by atoms with Crippen LogP contribution in [0.25, 0.3) is 11.0 Å². The second kappa shape index (κ2) is 15.4. The number of carbonyl (C=O) groups excluding carboxylic acids is 4. The summed E-state index contributed by atoms with van der Waals surface area (Å²) in [7, 11) is 0. The zero-order valence-corrected chi connectivity index (χ0v) is 31.9. The van der Waals surface area contributed by atoms with E-state index in [2.05, 4.69) is 70.0 Å². The quantitative estimate of drug-likeness (QED) is 0.202. The van der Waals surface area contributed by atoms with Crippen LogP contribution in [0.15, 0.2) is 73.3 Å². The first-order chi connectivity index (χ1) is 27.8. The predicted octanol–water partition coefficient (Wildman–Crippen LogP) is 3.47. The van der Waals surface area contributed by atoms with Crippen LogP contribution >= 0.6 is 0 Å². The molecule has 4 aliphatic rings. The Bertz CT molecular complexity index is 2320. The Hall–Kier alpha value is -6.13. The lowest BCUT2D eigenvalue weighted by Gasteiger charge is -2.43. The van der Waals surface area contributed by atoms with E-state index < -0.39 is 0 Å². The van der Waals surface area contributed by atoms with Gasteiger partial charge >= 0.3 is 6.03 Å². The summed E-state index contributed by atoms with van der Waals surface area (Å²) in [5.74, 6) is -0.708. The van der Waals surface area contributed by atoms with Crippen LogP contribution in [-0.4, -0.2) is 116 Å². The molecule has 16 nitrogen and oxygen atoms in total. The number of urea groups is 1. The van der Waals surface area contributed by atoms with Gasteiger partial charge in [0.1, 0.15) is 17.0 Å². The Balaban J connectivity index is 0.739. The molecular weight excluding hydrogens is 725 g/mol. The summed E-state index contributed by atoms with van der Waals surface area (Å²) in [6.07, 6.45) is 9.48. The molecule has 1 aromatic carbocycles. The number of imide groups is 1. The minimum Gasteiger partial charge on any atom is -0.371 e. The third-order valence-corrected chi connectivity index (χ3v) is 11.7. The van der Waals surface area contributed by atoms with Gasteiger partial charge in [0.15, 0.2) is 0 Å². The summed E-state index contributed by atoms with van der Waals surface area (Å²) in [6, 6.07) is 16.2. The molecule has 16 heteroatoms. The van der Waals surface area contributed by atoms with Gasteiger partial charge in [-0.3, -0.25) is 44.1 Å². The van der Waals surface area contributed by atoms with Gasteiger partial charge in [-0.25, -0.2) is 9.78 Å². The van der Waals surface area contributed by atoms with Gasteiger partial charge in [-0.2, -0.15) is 5.10 Å². The van der Waals surface area contributed by atoms with Crippen molar-refractivity contribution in [3.63, 3.8) is 0 Å². The molecule has 1 atom stereocenters. The zero-order chi connectivity index (χ0) is 39.0. The van der Waals surface area contributed by atoms with E-state index >= 15 is 0 Å². The molecule has 0 bridgehead atoms.